The average molecular weight is 355 g/mol. The smallest absolute Gasteiger partial charge is 0.207 e. The molecule has 18 heavy (non-hydrogen) atoms. The average Bonchev–Trinajstić information content (AvgIpc) is 2.32. The van der Waals surface area contributed by atoms with Crippen molar-refractivity contribution in [1.82, 2.24) is 4.31 Å². The highest BCUT2D eigenvalue weighted by Gasteiger charge is 2.24. The van der Waals surface area contributed by atoms with Crippen LogP contribution in [0.1, 0.15) is 24.5 Å². The lowest BCUT2D eigenvalue weighted by molar-refractivity contribution is 0.468. The van der Waals surface area contributed by atoms with Crippen LogP contribution in [0.4, 0.5) is 0 Å². The molecule has 0 amide bonds. The number of alkyl halides is 1. The first kappa shape index (κ1) is 16.0. The molecule has 0 aliphatic carbocycles. The van der Waals surface area contributed by atoms with E-state index in [9.17, 15) is 8.42 Å². The van der Waals surface area contributed by atoms with Gasteiger partial charge >= 0.3 is 0 Å². The van der Waals surface area contributed by atoms with Gasteiger partial charge in [-0.2, -0.15) is 0 Å². The van der Waals surface area contributed by atoms with Crippen LogP contribution >= 0.6 is 27.5 Å². The lowest BCUT2D eigenvalue weighted by Crippen LogP contribution is -2.28. The fourth-order valence-electron chi connectivity index (χ4n) is 1.68. The molecular formula is C12H17BrClNO2S. The molecule has 0 radical (unpaired) electrons. The third kappa shape index (κ3) is 3.26. The molecule has 0 aromatic heterocycles. The van der Waals surface area contributed by atoms with Gasteiger partial charge in [-0.3, -0.25) is 0 Å². The zero-order valence-electron chi connectivity index (χ0n) is 10.7. The molecule has 0 saturated carbocycles. The van der Waals surface area contributed by atoms with Gasteiger partial charge in [0.25, 0.3) is 0 Å². The van der Waals surface area contributed by atoms with Crippen molar-refractivity contribution in [3.05, 3.63) is 27.7 Å². The molecule has 102 valence electrons. The Balaban J connectivity index is 3.36. The second kappa shape index (κ2) is 6.37. The van der Waals surface area contributed by atoms with Gasteiger partial charge < -0.3 is 0 Å². The monoisotopic (exact) mass is 353 g/mol. The van der Waals surface area contributed by atoms with Crippen LogP contribution in [0.15, 0.2) is 21.5 Å². The molecule has 0 fully saturated rings. The number of aryl methyl sites for hydroxylation is 1. The van der Waals surface area contributed by atoms with Crippen LogP contribution in [0, 0.1) is 6.92 Å². The lowest BCUT2D eigenvalue weighted by atomic mass is 10.2. The van der Waals surface area contributed by atoms with E-state index in [1.807, 2.05) is 19.9 Å². The fourth-order valence-corrected chi connectivity index (χ4v) is 4.12. The van der Waals surface area contributed by atoms with Crippen LogP contribution in [0.3, 0.4) is 0 Å². The Morgan fingerprint density at radius 2 is 2.00 bits per heavy atom. The molecule has 0 atom stereocenters. The molecule has 0 unspecified atom stereocenters. The Kier molecular flexibility index (Phi) is 5.65. The summed E-state index contributed by atoms with van der Waals surface area (Å²) >= 11 is 9.14. The van der Waals surface area contributed by atoms with E-state index in [1.54, 1.807) is 13.1 Å². The lowest BCUT2D eigenvalue weighted by Gasteiger charge is -2.18. The highest BCUT2D eigenvalue weighted by molar-refractivity contribution is 9.10. The van der Waals surface area contributed by atoms with Gasteiger partial charge in [0.15, 0.2) is 0 Å². The predicted molar refractivity (Wildman–Crippen MR) is 78.5 cm³/mol. The minimum atomic E-state index is -3.46. The summed E-state index contributed by atoms with van der Waals surface area (Å²) in [7, 11) is -1.87. The molecule has 0 saturated heterocycles. The third-order valence-electron chi connectivity index (χ3n) is 2.66. The minimum Gasteiger partial charge on any atom is -0.207 e. The number of nitrogens with zero attached hydrogens (tertiary/aromatic N) is 1. The molecule has 1 aromatic carbocycles. The highest BCUT2D eigenvalue weighted by Crippen LogP contribution is 2.29. The van der Waals surface area contributed by atoms with E-state index in [1.165, 1.54) is 4.31 Å². The molecule has 1 aromatic rings. The maximum Gasteiger partial charge on any atom is 0.243 e. The molecule has 0 N–H and O–H groups in total. The summed E-state index contributed by atoms with van der Waals surface area (Å²) in [4.78, 5) is 0.286. The van der Waals surface area contributed by atoms with Gasteiger partial charge in [-0.1, -0.05) is 13.0 Å². The second-order valence-corrected chi connectivity index (χ2v) is 7.26. The first-order chi connectivity index (χ1) is 8.34. The van der Waals surface area contributed by atoms with Crippen molar-refractivity contribution in [2.24, 2.45) is 0 Å². The van der Waals surface area contributed by atoms with Crippen LogP contribution in [0.5, 0.6) is 0 Å². The first-order valence-electron chi connectivity index (χ1n) is 5.66. The van der Waals surface area contributed by atoms with E-state index in [0.717, 1.165) is 17.5 Å². The summed E-state index contributed by atoms with van der Waals surface area (Å²) in [5.74, 6) is 0.300. The summed E-state index contributed by atoms with van der Waals surface area (Å²) in [5, 5.41) is 0. The Labute approximate surface area is 122 Å². The maximum absolute atomic E-state index is 12.4. The van der Waals surface area contributed by atoms with Crippen molar-refractivity contribution in [1.29, 1.82) is 0 Å². The standard InChI is InChI=1S/C12H17BrClNO2S/c1-4-5-15(3)18(16,17)11-7-10(8-14)6-9(2)12(11)13/h6-7H,4-5,8H2,1-3H3. The van der Waals surface area contributed by atoms with Gasteiger partial charge in [0, 0.05) is 23.9 Å². The zero-order chi connectivity index (χ0) is 13.9. The van der Waals surface area contributed by atoms with Crippen molar-refractivity contribution in [2.75, 3.05) is 13.6 Å². The number of hydrogen-bond donors (Lipinski definition) is 0. The summed E-state index contributed by atoms with van der Waals surface area (Å²) in [6.07, 6.45) is 0.779. The van der Waals surface area contributed by atoms with Crippen molar-refractivity contribution in [2.45, 2.75) is 31.0 Å². The molecule has 3 nitrogen and oxygen atoms in total. The molecule has 1 rings (SSSR count). The first-order valence-corrected chi connectivity index (χ1v) is 8.42. The number of rotatable bonds is 5. The van der Waals surface area contributed by atoms with Crippen molar-refractivity contribution >= 4 is 37.6 Å². The quantitative estimate of drug-likeness (QED) is 0.759. The van der Waals surface area contributed by atoms with Crippen LogP contribution in [-0.4, -0.2) is 26.3 Å². The number of sulfonamides is 1. The van der Waals surface area contributed by atoms with E-state index >= 15 is 0 Å². The Bertz CT molecular complexity index is 531. The largest absolute Gasteiger partial charge is 0.243 e. The number of hydrogen-bond acceptors (Lipinski definition) is 2. The minimum absolute atomic E-state index is 0.286. The van der Waals surface area contributed by atoms with Crippen LogP contribution in [0.25, 0.3) is 0 Å². The molecule has 0 aliphatic heterocycles. The van der Waals surface area contributed by atoms with Gasteiger partial charge in [-0.25, -0.2) is 12.7 Å². The van der Waals surface area contributed by atoms with Crippen LogP contribution < -0.4 is 0 Å². The van der Waals surface area contributed by atoms with Crippen LogP contribution in [-0.2, 0) is 15.9 Å². The number of benzene rings is 1. The van der Waals surface area contributed by atoms with E-state index in [2.05, 4.69) is 15.9 Å². The number of halogens is 2. The van der Waals surface area contributed by atoms with E-state index in [0.29, 0.717) is 16.9 Å². The van der Waals surface area contributed by atoms with Crippen LogP contribution in [0.2, 0.25) is 0 Å². The third-order valence-corrected chi connectivity index (χ3v) is 6.17. The fraction of sp³-hybridized carbons (Fsp3) is 0.500. The summed E-state index contributed by atoms with van der Waals surface area (Å²) in [5.41, 5.74) is 1.68. The molecule has 0 heterocycles. The SMILES string of the molecule is CCCN(C)S(=O)(=O)c1cc(CCl)cc(C)c1Br. The van der Waals surface area contributed by atoms with E-state index in [-0.39, 0.29) is 4.90 Å². The van der Waals surface area contributed by atoms with E-state index < -0.39 is 10.0 Å². The van der Waals surface area contributed by atoms with Crippen molar-refractivity contribution < 1.29 is 8.42 Å². The molecule has 0 bridgehead atoms. The second-order valence-electron chi connectivity index (χ2n) is 4.19. The molecular weight excluding hydrogens is 338 g/mol. The molecule has 0 spiro atoms. The summed E-state index contributed by atoms with van der Waals surface area (Å²) in [6.45, 7) is 4.30. The Hall–Kier alpha value is -0.100. The summed E-state index contributed by atoms with van der Waals surface area (Å²) < 4.78 is 26.8. The van der Waals surface area contributed by atoms with Gasteiger partial charge in [0.2, 0.25) is 10.0 Å². The van der Waals surface area contributed by atoms with Gasteiger partial charge in [0.05, 0.1) is 4.90 Å². The van der Waals surface area contributed by atoms with E-state index in [4.69, 9.17) is 11.6 Å². The Morgan fingerprint density at radius 3 is 2.50 bits per heavy atom. The summed E-state index contributed by atoms with van der Waals surface area (Å²) in [6, 6.07) is 3.52. The highest BCUT2D eigenvalue weighted by atomic mass is 79.9. The van der Waals surface area contributed by atoms with Gasteiger partial charge in [-0.05, 0) is 46.5 Å². The van der Waals surface area contributed by atoms with Crippen molar-refractivity contribution in [3.8, 4) is 0 Å². The topological polar surface area (TPSA) is 37.4 Å². The van der Waals surface area contributed by atoms with Gasteiger partial charge in [0.1, 0.15) is 0 Å². The Morgan fingerprint density at radius 1 is 1.39 bits per heavy atom. The maximum atomic E-state index is 12.4. The molecule has 0 aliphatic rings. The zero-order valence-corrected chi connectivity index (χ0v) is 13.9. The molecule has 6 heteroatoms. The predicted octanol–water partition coefficient (Wildman–Crippen LogP) is 3.53. The van der Waals surface area contributed by atoms with Crippen molar-refractivity contribution in [3.63, 3.8) is 0 Å². The normalized spacial score (nSPS) is 12.1. The van der Waals surface area contributed by atoms with Gasteiger partial charge in [-0.15, -0.1) is 11.6 Å².